The largest absolute Gasteiger partial charge is 0.340 e. The van der Waals surface area contributed by atoms with E-state index < -0.39 is 0 Å². The monoisotopic (exact) mass is 387 g/mol. The summed E-state index contributed by atoms with van der Waals surface area (Å²) < 4.78 is 1.05. The molecule has 3 rings (SSSR count). The number of nitrogens with one attached hydrogen (secondary N) is 1. The molecule has 2 heterocycles. The Morgan fingerprint density at radius 1 is 1.33 bits per heavy atom. The summed E-state index contributed by atoms with van der Waals surface area (Å²) in [5, 5.41) is 3.30. The molecule has 4 nitrogen and oxygen atoms in total. The summed E-state index contributed by atoms with van der Waals surface area (Å²) in [6.07, 6.45) is 3.96. The van der Waals surface area contributed by atoms with Crippen molar-refractivity contribution in [3.05, 3.63) is 52.1 Å². The number of likely N-dealkylation sites (tertiary alicyclic amines) is 1. The molecule has 0 spiro atoms. The maximum Gasteiger partial charge on any atom is 0.255 e. The second kappa shape index (κ2) is 7.34. The predicted molar refractivity (Wildman–Crippen MR) is 101 cm³/mol. The van der Waals surface area contributed by atoms with Gasteiger partial charge in [-0.15, -0.1) is 0 Å². The van der Waals surface area contributed by atoms with Crippen LogP contribution < -0.4 is 5.32 Å². The lowest BCUT2D eigenvalue weighted by Gasteiger charge is -2.30. The Labute approximate surface area is 151 Å². The van der Waals surface area contributed by atoms with Crippen LogP contribution in [0.2, 0.25) is 0 Å². The Kier molecular flexibility index (Phi) is 5.19. The Hall–Kier alpha value is -1.88. The fourth-order valence-corrected chi connectivity index (χ4v) is 3.53. The highest BCUT2D eigenvalue weighted by Gasteiger charge is 2.22. The van der Waals surface area contributed by atoms with Crippen molar-refractivity contribution in [1.29, 1.82) is 0 Å². The van der Waals surface area contributed by atoms with Crippen LogP contribution in [0, 0.1) is 12.8 Å². The van der Waals surface area contributed by atoms with E-state index in [1.54, 1.807) is 6.20 Å². The first-order valence-corrected chi connectivity index (χ1v) is 9.11. The molecule has 0 radical (unpaired) electrons. The van der Waals surface area contributed by atoms with Gasteiger partial charge in [0.25, 0.3) is 5.91 Å². The van der Waals surface area contributed by atoms with Crippen molar-refractivity contribution in [3.63, 3.8) is 0 Å². The number of pyridine rings is 1. The van der Waals surface area contributed by atoms with E-state index >= 15 is 0 Å². The quantitative estimate of drug-likeness (QED) is 0.824. The molecular weight excluding hydrogens is 366 g/mol. The van der Waals surface area contributed by atoms with Gasteiger partial charge in [0, 0.05) is 29.4 Å². The Bertz CT molecular complexity index is 730. The number of aromatic nitrogens is 1. The molecule has 0 aliphatic carbocycles. The zero-order valence-electron chi connectivity index (χ0n) is 14.1. The van der Waals surface area contributed by atoms with Crippen LogP contribution in [0.3, 0.4) is 0 Å². The number of piperidine rings is 1. The van der Waals surface area contributed by atoms with E-state index in [1.807, 2.05) is 36.1 Å². The summed E-state index contributed by atoms with van der Waals surface area (Å²) in [6.45, 7) is 5.94. The van der Waals surface area contributed by atoms with Crippen LogP contribution in [-0.2, 0) is 0 Å². The summed E-state index contributed by atoms with van der Waals surface area (Å²) in [4.78, 5) is 18.9. The van der Waals surface area contributed by atoms with Crippen LogP contribution in [-0.4, -0.2) is 28.9 Å². The van der Waals surface area contributed by atoms with Gasteiger partial charge in [-0.2, -0.15) is 0 Å². The molecule has 1 N–H and O–H groups in total. The molecule has 126 valence electrons. The molecule has 5 heteroatoms. The molecule has 1 aromatic carbocycles. The van der Waals surface area contributed by atoms with Crippen LogP contribution in [0.4, 0.5) is 11.5 Å². The Morgan fingerprint density at radius 3 is 2.83 bits per heavy atom. The normalized spacial score (nSPS) is 17.6. The minimum absolute atomic E-state index is 0.0837. The number of carbonyl (C=O) groups is 1. The van der Waals surface area contributed by atoms with Gasteiger partial charge in [0.2, 0.25) is 0 Å². The SMILES string of the molecule is Cc1cc(Br)ccc1Nc1ccc(C(=O)N2CCCC(C)C2)cn1. The summed E-state index contributed by atoms with van der Waals surface area (Å²) in [6, 6.07) is 9.77. The van der Waals surface area contributed by atoms with Gasteiger partial charge in [-0.3, -0.25) is 4.79 Å². The van der Waals surface area contributed by atoms with Crippen LogP contribution in [0.25, 0.3) is 0 Å². The summed E-state index contributed by atoms with van der Waals surface area (Å²) in [5.41, 5.74) is 2.80. The molecule has 1 aromatic heterocycles. The van der Waals surface area contributed by atoms with Crippen molar-refractivity contribution in [3.8, 4) is 0 Å². The molecule has 0 bridgehead atoms. The third-order valence-corrected chi connectivity index (χ3v) is 4.90. The predicted octanol–water partition coefficient (Wildman–Crippen LogP) is 4.77. The molecule has 1 fully saturated rings. The van der Waals surface area contributed by atoms with E-state index in [-0.39, 0.29) is 5.91 Å². The van der Waals surface area contributed by atoms with Gasteiger partial charge in [-0.05, 0) is 61.6 Å². The third-order valence-electron chi connectivity index (χ3n) is 4.41. The first-order chi connectivity index (χ1) is 11.5. The molecular formula is C19H22BrN3O. The average Bonchev–Trinajstić information content (AvgIpc) is 2.57. The fraction of sp³-hybridized carbons (Fsp3) is 0.368. The van der Waals surface area contributed by atoms with Crippen LogP contribution in [0.1, 0.15) is 35.7 Å². The van der Waals surface area contributed by atoms with E-state index in [4.69, 9.17) is 0 Å². The lowest BCUT2D eigenvalue weighted by molar-refractivity contribution is 0.0682. The minimum atomic E-state index is 0.0837. The van der Waals surface area contributed by atoms with Crippen molar-refractivity contribution < 1.29 is 4.79 Å². The van der Waals surface area contributed by atoms with E-state index in [2.05, 4.69) is 39.2 Å². The zero-order valence-corrected chi connectivity index (χ0v) is 15.6. The molecule has 1 saturated heterocycles. The minimum Gasteiger partial charge on any atom is -0.340 e. The second-order valence-electron chi connectivity index (χ2n) is 6.51. The van der Waals surface area contributed by atoms with Gasteiger partial charge in [0.1, 0.15) is 5.82 Å². The number of anilines is 2. The molecule has 2 aromatic rings. The maximum absolute atomic E-state index is 12.6. The van der Waals surface area contributed by atoms with Crippen molar-refractivity contribution >= 4 is 33.3 Å². The number of rotatable bonds is 3. The Balaban J connectivity index is 1.69. The first kappa shape index (κ1) is 17.0. The number of aryl methyl sites for hydroxylation is 1. The number of benzene rings is 1. The van der Waals surface area contributed by atoms with Gasteiger partial charge >= 0.3 is 0 Å². The van der Waals surface area contributed by atoms with Gasteiger partial charge in [0.05, 0.1) is 5.56 Å². The molecule has 1 atom stereocenters. The number of halogens is 1. The second-order valence-corrected chi connectivity index (χ2v) is 7.43. The number of nitrogens with zero attached hydrogens (tertiary/aromatic N) is 2. The van der Waals surface area contributed by atoms with Crippen molar-refractivity contribution in [2.24, 2.45) is 5.92 Å². The molecule has 1 aliphatic rings. The average molecular weight is 388 g/mol. The summed E-state index contributed by atoms with van der Waals surface area (Å²) >= 11 is 3.46. The summed E-state index contributed by atoms with van der Waals surface area (Å²) in [5.74, 6) is 1.40. The van der Waals surface area contributed by atoms with Gasteiger partial charge in [0.15, 0.2) is 0 Å². The molecule has 24 heavy (non-hydrogen) atoms. The third kappa shape index (κ3) is 3.96. The lowest BCUT2D eigenvalue weighted by Crippen LogP contribution is -2.39. The smallest absolute Gasteiger partial charge is 0.255 e. The number of hydrogen-bond donors (Lipinski definition) is 1. The number of carbonyl (C=O) groups excluding carboxylic acids is 1. The van der Waals surface area contributed by atoms with Gasteiger partial charge in [-0.1, -0.05) is 22.9 Å². The summed E-state index contributed by atoms with van der Waals surface area (Å²) in [7, 11) is 0. The number of hydrogen-bond acceptors (Lipinski definition) is 3. The van der Waals surface area contributed by atoms with Gasteiger partial charge < -0.3 is 10.2 Å². The van der Waals surface area contributed by atoms with E-state index in [9.17, 15) is 4.79 Å². The number of amides is 1. The molecule has 1 aliphatic heterocycles. The highest BCUT2D eigenvalue weighted by atomic mass is 79.9. The lowest BCUT2D eigenvalue weighted by atomic mass is 10.00. The molecule has 1 unspecified atom stereocenters. The molecule has 0 saturated carbocycles. The van der Waals surface area contributed by atoms with Crippen molar-refractivity contribution in [1.82, 2.24) is 9.88 Å². The van der Waals surface area contributed by atoms with E-state index in [1.165, 1.54) is 6.42 Å². The van der Waals surface area contributed by atoms with Crippen molar-refractivity contribution in [2.75, 3.05) is 18.4 Å². The Morgan fingerprint density at radius 2 is 2.17 bits per heavy atom. The van der Waals surface area contributed by atoms with Crippen LogP contribution in [0.5, 0.6) is 0 Å². The first-order valence-electron chi connectivity index (χ1n) is 8.31. The zero-order chi connectivity index (χ0) is 17.1. The highest BCUT2D eigenvalue weighted by Crippen LogP contribution is 2.23. The van der Waals surface area contributed by atoms with Crippen LogP contribution >= 0.6 is 15.9 Å². The fourth-order valence-electron chi connectivity index (χ4n) is 3.06. The standard InChI is InChI=1S/C19H22BrN3O/c1-13-4-3-9-23(12-13)19(24)15-5-8-18(21-11-15)22-17-7-6-16(20)10-14(17)2/h5-8,10-11,13H,3-4,9,12H2,1-2H3,(H,21,22). The van der Waals surface area contributed by atoms with E-state index in [0.29, 0.717) is 11.5 Å². The van der Waals surface area contributed by atoms with Crippen LogP contribution in [0.15, 0.2) is 41.0 Å². The highest BCUT2D eigenvalue weighted by molar-refractivity contribution is 9.10. The van der Waals surface area contributed by atoms with Crippen molar-refractivity contribution in [2.45, 2.75) is 26.7 Å². The topological polar surface area (TPSA) is 45.2 Å². The van der Waals surface area contributed by atoms with E-state index in [0.717, 1.165) is 41.1 Å². The molecule has 1 amide bonds. The van der Waals surface area contributed by atoms with Gasteiger partial charge in [-0.25, -0.2) is 4.98 Å². The maximum atomic E-state index is 12.6.